The van der Waals surface area contributed by atoms with Crippen LogP contribution < -0.4 is 4.18 Å². The van der Waals surface area contributed by atoms with Crippen molar-refractivity contribution in [3.05, 3.63) is 36.2 Å². The molecule has 0 radical (unpaired) electrons. The SMILES string of the molecule is CCOC(=O)Cc1coc(-c2ccc(OS(=O)O)cc2)n1. The highest BCUT2D eigenvalue weighted by atomic mass is 32.2. The molecular formula is C13H13NO6S. The van der Waals surface area contributed by atoms with Crippen molar-refractivity contribution in [2.45, 2.75) is 13.3 Å². The summed E-state index contributed by atoms with van der Waals surface area (Å²) in [6, 6.07) is 6.28. The summed E-state index contributed by atoms with van der Waals surface area (Å²) in [5.74, 6) is 0.218. The summed E-state index contributed by atoms with van der Waals surface area (Å²) in [6.45, 7) is 2.05. The molecule has 0 aliphatic carbocycles. The summed E-state index contributed by atoms with van der Waals surface area (Å²) in [4.78, 5) is 15.5. The quantitative estimate of drug-likeness (QED) is 0.643. The maximum atomic E-state index is 11.3. The number of aromatic nitrogens is 1. The Balaban J connectivity index is 2.07. The second-order valence-electron chi connectivity index (χ2n) is 3.95. The van der Waals surface area contributed by atoms with Gasteiger partial charge in [0.2, 0.25) is 5.89 Å². The van der Waals surface area contributed by atoms with Gasteiger partial charge in [-0.25, -0.2) is 4.98 Å². The zero-order valence-corrected chi connectivity index (χ0v) is 12.0. The van der Waals surface area contributed by atoms with Crippen LogP contribution >= 0.6 is 0 Å². The third-order valence-corrected chi connectivity index (χ3v) is 2.79. The molecule has 7 nitrogen and oxygen atoms in total. The van der Waals surface area contributed by atoms with Crippen LogP contribution in [0.3, 0.4) is 0 Å². The molecule has 8 heteroatoms. The van der Waals surface area contributed by atoms with Crippen molar-refractivity contribution in [2.75, 3.05) is 6.61 Å². The van der Waals surface area contributed by atoms with Crippen LogP contribution in [0, 0.1) is 0 Å². The zero-order chi connectivity index (χ0) is 15.2. The molecule has 1 N–H and O–H groups in total. The smallest absolute Gasteiger partial charge is 0.357 e. The lowest BCUT2D eigenvalue weighted by Gasteiger charge is -2.00. The van der Waals surface area contributed by atoms with E-state index in [9.17, 15) is 9.00 Å². The van der Waals surface area contributed by atoms with E-state index in [2.05, 4.69) is 9.17 Å². The summed E-state index contributed by atoms with van der Waals surface area (Å²) in [5.41, 5.74) is 1.13. The lowest BCUT2D eigenvalue weighted by Crippen LogP contribution is -2.07. The second kappa shape index (κ2) is 7.00. The van der Waals surface area contributed by atoms with Gasteiger partial charge in [-0.2, -0.15) is 4.21 Å². The molecule has 112 valence electrons. The molecule has 0 spiro atoms. The van der Waals surface area contributed by atoms with Crippen LogP contribution in [0.5, 0.6) is 5.75 Å². The number of rotatable bonds is 6. The number of carbonyl (C=O) groups excluding carboxylic acids is 1. The van der Waals surface area contributed by atoms with Crippen molar-refractivity contribution in [1.82, 2.24) is 4.98 Å². The van der Waals surface area contributed by atoms with Gasteiger partial charge in [0, 0.05) is 5.56 Å². The van der Waals surface area contributed by atoms with E-state index in [1.807, 2.05) is 0 Å². The molecule has 21 heavy (non-hydrogen) atoms. The van der Waals surface area contributed by atoms with Gasteiger partial charge in [0.25, 0.3) is 0 Å². The van der Waals surface area contributed by atoms with E-state index in [0.29, 0.717) is 23.8 Å². The Bertz CT molecular complexity index is 636. The van der Waals surface area contributed by atoms with Gasteiger partial charge in [-0.15, -0.1) is 0 Å². The fraction of sp³-hybridized carbons (Fsp3) is 0.231. The molecule has 1 unspecified atom stereocenters. The first kappa shape index (κ1) is 15.2. The fourth-order valence-corrected chi connectivity index (χ4v) is 1.89. The first-order chi connectivity index (χ1) is 10.1. The minimum atomic E-state index is -2.36. The van der Waals surface area contributed by atoms with Gasteiger partial charge >= 0.3 is 17.3 Å². The van der Waals surface area contributed by atoms with Gasteiger partial charge in [-0.05, 0) is 31.2 Å². The summed E-state index contributed by atoms with van der Waals surface area (Å²) >= 11 is -2.36. The summed E-state index contributed by atoms with van der Waals surface area (Å²) in [6.07, 6.45) is 1.43. The van der Waals surface area contributed by atoms with Gasteiger partial charge in [0.15, 0.2) is 0 Å². The second-order valence-corrected chi connectivity index (χ2v) is 4.55. The first-order valence-electron chi connectivity index (χ1n) is 6.08. The highest BCUT2D eigenvalue weighted by Crippen LogP contribution is 2.22. The fourth-order valence-electron chi connectivity index (χ4n) is 1.62. The van der Waals surface area contributed by atoms with Crippen LogP contribution in [0.2, 0.25) is 0 Å². The third-order valence-electron chi connectivity index (χ3n) is 2.45. The standard InChI is InChI=1S/C13H13NO6S/c1-2-18-12(15)7-10-8-19-13(14-10)9-3-5-11(6-4-9)20-21(16)17/h3-6,8H,2,7H2,1H3,(H,16,17). The summed E-state index contributed by atoms with van der Waals surface area (Å²) < 4.78 is 33.8. The number of hydrogen-bond donors (Lipinski definition) is 1. The molecule has 1 aromatic heterocycles. The lowest BCUT2D eigenvalue weighted by atomic mass is 10.2. The Kier molecular flexibility index (Phi) is 5.07. The molecule has 1 aromatic carbocycles. The van der Waals surface area contributed by atoms with Crippen LogP contribution in [0.1, 0.15) is 12.6 Å². The van der Waals surface area contributed by atoms with Crippen LogP contribution in [-0.2, 0) is 27.3 Å². The Morgan fingerprint density at radius 1 is 1.38 bits per heavy atom. The van der Waals surface area contributed by atoms with Crippen molar-refractivity contribution in [3.63, 3.8) is 0 Å². The normalized spacial score (nSPS) is 11.9. The van der Waals surface area contributed by atoms with E-state index in [-0.39, 0.29) is 18.1 Å². The van der Waals surface area contributed by atoms with Gasteiger partial charge in [0.05, 0.1) is 18.7 Å². The van der Waals surface area contributed by atoms with E-state index in [0.717, 1.165) is 0 Å². The average molecular weight is 311 g/mol. The molecule has 0 aliphatic heterocycles. The number of hydrogen-bond acceptors (Lipinski definition) is 6. The number of carbonyl (C=O) groups is 1. The molecule has 1 heterocycles. The molecule has 1 atom stereocenters. The minimum absolute atomic E-state index is 0.0437. The van der Waals surface area contributed by atoms with Crippen LogP contribution in [-0.4, -0.2) is 26.3 Å². The predicted molar refractivity (Wildman–Crippen MR) is 73.7 cm³/mol. The van der Waals surface area contributed by atoms with Crippen molar-refractivity contribution >= 4 is 17.3 Å². The van der Waals surface area contributed by atoms with E-state index >= 15 is 0 Å². The average Bonchev–Trinajstić information content (AvgIpc) is 2.87. The minimum Gasteiger partial charge on any atom is -0.466 e. The predicted octanol–water partition coefficient (Wildman–Crippen LogP) is 1.96. The van der Waals surface area contributed by atoms with Crippen LogP contribution in [0.15, 0.2) is 34.9 Å². The van der Waals surface area contributed by atoms with E-state index in [4.69, 9.17) is 13.7 Å². The van der Waals surface area contributed by atoms with Crippen LogP contribution in [0.25, 0.3) is 11.5 Å². The van der Waals surface area contributed by atoms with Crippen molar-refractivity contribution in [3.8, 4) is 17.2 Å². The molecule has 0 bridgehead atoms. The number of esters is 1. The highest BCUT2D eigenvalue weighted by molar-refractivity contribution is 7.74. The van der Waals surface area contributed by atoms with Gasteiger partial charge in [-0.1, -0.05) is 0 Å². The maximum Gasteiger partial charge on any atom is 0.357 e. The van der Waals surface area contributed by atoms with Crippen LogP contribution in [0.4, 0.5) is 0 Å². The molecule has 0 fully saturated rings. The summed E-state index contributed by atoms with van der Waals surface area (Å²) in [7, 11) is 0. The van der Waals surface area contributed by atoms with Gasteiger partial charge < -0.3 is 13.3 Å². The van der Waals surface area contributed by atoms with Crippen molar-refractivity contribution in [1.29, 1.82) is 0 Å². The van der Waals surface area contributed by atoms with E-state index < -0.39 is 11.4 Å². The van der Waals surface area contributed by atoms with Crippen molar-refractivity contribution < 1.29 is 26.9 Å². The molecule has 0 aliphatic rings. The third kappa shape index (κ3) is 4.40. The Morgan fingerprint density at radius 2 is 2.10 bits per heavy atom. The van der Waals surface area contributed by atoms with Gasteiger partial charge in [0.1, 0.15) is 12.0 Å². The van der Waals surface area contributed by atoms with E-state index in [1.54, 1.807) is 19.1 Å². The summed E-state index contributed by atoms with van der Waals surface area (Å²) in [5, 5.41) is 0. The monoisotopic (exact) mass is 311 g/mol. The topological polar surface area (TPSA) is 98.9 Å². The molecule has 0 saturated carbocycles. The first-order valence-corrected chi connectivity index (χ1v) is 7.11. The molecule has 2 aromatic rings. The largest absolute Gasteiger partial charge is 0.466 e. The molecule has 2 rings (SSSR count). The number of ether oxygens (including phenoxy) is 1. The Hall–Kier alpha value is -2.19. The molecular weight excluding hydrogens is 298 g/mol. The molecule has 0 amide bonds. The van der Waals surface area contributed by atoms with Crippen molar-refractivity contribution in [2.24, 2.45) is 0 Å². The lowest BCUT2D eigenvalue weighted by molar-refractivity contribution is -0.142. The van der Waals surface area contributed by atoms with Gasteiger partial charge in [-0.3, -0.25) is 9.35 Å². The number of oxazole rings is 1. The Morgan fingerprint density at radius 3 is 2.71 bits per heavy atom. The maximum absolute atomic E-state index is 11.3. The number of nitrogens with zero attached hydrogens (tertiary/aromatic N) is 1. The highest BCUT2D eigenvalue weighted by Gasteiger charge is 2.11. The number of benzene rings is 1. The Labute approximate surface area is 123 Å². The zero-order valence-electron chi connectivity index (χ0n) is 11.1. The van der Waals surface area contributed by atoms with E-state index in [1.165, 1.54) is 18.4 Å². The molecule has 0 saturated heterocycles.